The Kier molecular flexibility index (Phi) is 10.6. The monoisotopic (exact) mass is 670 g/mol. The highest BCUT2D eigenvalue weighted by molar-refractivity contribution is 14.1. The molecule has 0 aliphatic heterocycles. The maximum Gasteiger partial charge on any atom is 0.329 e. The molecule has 0 atom stereocenters. The molecular formula is C25H21Cl2IN4O6. The van der Waals surface area contributed by atoms with Crippen LogP contribution in [0.2, 0.25) is 10.0 Å². The highest BCUT2D eigenvalue weighted by atomic mass is 127. The number of nitrogens with one attached hydrogen (secondary N) is 3. The molecule has 10 nitrogen and oxygen atoms in total. The summed E-state index contributed by atoms with van der Waals surface area (Å²) in [5, 5.41) is 9.45. The van der Waals surface area contributed by atoms with Gasteiger partial charge in [0.2, 0.25) is 0 Å². The van der Waals surface area contributed by atoms with Gasteiger partial charge in [0.1, 0.15) is 5.75 Å². The lowest BCUT2D eigenvalue weighted by molar-refractivity contribution is -0.136. The Morgan fingerprint density at radius 1 is 0.974 bits per heavy atom. The largest absolute Gasteiger partial charge is 0.497 e. The molecule has 38 heavy (non-hydrogen) atoms. The van der Waals surface area contributed by atoms with Gasteiger partial charge in [-0.15, -0.1) is 0 Å². The van der Waals surface area contributed by atoms with E-state index in [0.717, 1.165) is 0 Å². The van der Waals surface area contributed by atoms with Gasteiger partial charge in [0, 0.05) is 11.8 Å². The first kappa shape index (κ1) is 29.0. The van der Waals surface area contributed by atoms with Gasteiger partial charge in [0.25, 0.3) is 5.91 Å². The van der Waals surface area contributed by atoms with Crippen molar-refractivity contribution < 1.29 is 28.6 Å². The van der Waals surface area contributed by atoms with Crippen molar-refractivity contribution in [1.29, 1.82) is 0 Å². The Labute approximate surface area is 241 Å². The highest BCUT2D eigenvalue weighted by Crippen LogP contribution is 2.34. The van der Waals surface area contributed by atoms with Crippen LogP contribution in [0.3, 0.4) is 0 Å². The Morgan fingerprint density at radius 2 is 1.74 bits per heavy atom. The lowest BCUT2D eigenvalue weighted by Gasteiger charge is -2.14. The van der Waals surface area contributed by atoms with Crippen molar-refractivity contribution in [3.8, 4) is 17.2 Å². The Bertz CT molecular complexity index is 1390. The summed E-state index contributed by atoms with van der Waals surface area (Å²) in [6.07, 6.45) is 1.33. The van der Waals surface area contributed by atoms with E-state index in [0.29, 0.717) is 42.8 Å². The van der Waals surface area contributed by atoms with Crippen LogP contribution in [-0.2, 0) is 14.4 Å². The molecule has 0 saturated heterocycles. The Hall–Kier alpha value is -3.55. The van der Waals surface area contributed by atoms with Crippen LogP contribution in [0.25, 0.3) is 0 Å². The number of amides is 3. The fourth-order valence-electron chi connectivity index (χ4n) is 2.98. The predicted molar refractivity (Wildman–Crippen MR) is 154 cm³/mol. The zero-order valence-electron chi connectivity index (χ0n) is 20.0. The molecule has 3 aromatic carbocycles. The van der Waals surface area contributed by atoms with Crippen LogP contribution in [0.15, 0.2) is 59.7 Å². The number of hydrazone groups is 1. The molecule has 0 aromatic heterocycles. The van der Waals surface area contributed by atoms with Crippen LogP contribution >= 0.6 is 45.8 Å². The SMILES string of the molecule is COc1cccc(NC(=O)C(=O)N/N=C/c2cc(I)c(OCC(=O)Nc3cccc(Cl)c3Cl)c(OC)c2)c1. The predicted octanol–water partition coefficient (Wildman–Crippen LogP) is 4.72. The summed E-state index contributed by atoms with van der Waals surface area (Å²) >= 11 is 14.1. The summed E-state index contributed by atoms with van der Waals surface area (Å²) in [5.41, 5.74) is 3.46. The van der Waals surface area contributed by atoms with Crippen LogP contribution in [0.4, 0.5) is 11.4 Å². The maximum absolute atomic E-state index is 12.4. The number of anilines is 2. The number of carbonyl (C=O) groups is 3. The number of ether oxygens (including phenoxy) is 3. The average Bonchev–Trinajstić information content (AvgIpc) is 2.90. The van der Waals surface area contributed by atoms with Crippen molar-refractivity contribution in [2.45, 2.75) is 0 Å². The van der Waals surface area contributed by atoms with E-state index in [2.05, 4.69) is 21.2 Å². The van der Waals surface area contributed by atoms with E-state index in [1.807, 2.05) is 22.6 Å². The minimum absolute atomic E-state index is 0.225. The molecule has 13 heteroatoms. The molecule has 0 aliphatic carbocycles. The topological polar surface area (TPSA) is 127 Å². The van der Waals surface area contributed by atoms with Gasteiger partial charge < -0.3 is 24.8 Å². The third-order valence-electron chi connectivity index (χ3n) is 4.74. The molecule has 0 aliphatic rings. The van der Waals surface area contributed by atoms with Gasteiger partial charge in [-0.05, 0) is 64.6 Å². The number of halogens is 3. The number of hydrogen-bond acceptors (Lipinski definition) is 7. The molecule has 3 aromatic rings. The molecule has 3 N–H and O–H groups in total. The van der Waals surface area contributed by atoms with Crippen molar-refractivity contribution in [3.05, 3.63) is 73.8 Å². The zero-order chi connectivity index (χ0) is 27.7. The standard InChI is InChI=1S/C25H21Cl2IN4O6/c1-36-16-6-3-5-15(11-16)30-24(34)25(35)32-29-12-14-9-18(28)23(20(10-14)37-2)38-13-21(33)31-19-8-4-7-17(26)22(19)27/h3-12H,13H2,1-2H3,(H,30,34)(H,31,33)(H,32,35)/b29-12+. The average molecular weight is 671 g/mol. The molecule has 3 rings (SSSR count). The lowest BCUT2D eigenvalue weighted by atomic mass is 10.2. The molecule has 0 fully saturated rings. The number of nitrogens with zero attached hydrogens (tertiary/aromatic N) is 1. The third kappa shape index (κ3) is 7.97. The summed E-state index contributed by atoms with van der Waals surface area (Å²) in [7, 11) is 2.93. The summed E-state index contributed by atoms with van der Waals surface area (Å²) in [6, 6.07) is 14.7. The Morgan fingerprint density at radius 3 is 2.47 bits per heavy atom. The third-order valence-corrected chi connectivity index (χ3v) is 6.36. The Balaban J connectivity index is 1.59. The van der Waals surface area contributed by atoms with E-state index in [1.54, 1.807) is 54.6 Å². The number of rotatable bonds is 9. The highest BCUT2D eigenvalue weighted by Gasteiger charge is 2.16. The fourth-order valence-corrected chi connectivity index (χ4v) is 4.11. The summed E-state index contributed by atoms with van der Waals surface area (Å²) < 4.78 is 16.7. The van der Waals surface area contributed by atoms with Crippen molar-refractivity contribution in [2.75, 3.05) is 31.5 Å². The number of hydrogen-bond donors (Lipinski definition) is 3. The molecule has 3 amide bonds. The quantitative estimate of drug-likeness (QED) is 0.131. The normalized spacial score (nSPS) is 10.6. The molecule has 0 spiro atoms. The van der Waals surface area contributed by atoms with Gasteiger partial charge in [0.15, 0.2) is 18.1 Å². The van der Waals surface area contributed by atoms with E-state index in [1.165, 1.54) is 20.4 Å². The smallest absolute Gasteiger partial charge is 0.329 e. The van der Waals surface area contributed by atoms with Crippen molar-refractivity contribution in [3.63, 3.8) is 0 Å². The van der Waals surface area contributed by atoms with E-state index in [4.69, 9.17) is 37.4 Å². The van der Waals surface area contributed by atoms with Gasteiger partial charge in [-0.1, -0.05) is 35.3 Å². The van der Waals surface area contributed by atoms with Gasteiger partial charge >= 0.3 is 11.8 Å². The van der Waals surface area contributed by atoms with Crippen LogP contribution in [0.1, 0.15) is 5.56 Å². The maximum atomic E-state index is 12.4. The van der Waals surface area contributed by atoms with Gasteiger partial charge in [-0.25, -0.2) is 5.43 Å². The van der Waals surface area contributed by atoms with E-state index < -0.39 is 17.7 Å². The molecular weight excluding hydrogens is 650 g/mol. The second kappa shape index (κ2) is 13.8. The lowest BCUT2D eigenvalue weighted by Crippen LogP contribution is -2.32. The van der Waals surface area contributed by atoms with Crippen molar-refractivity contribution >= 4 is 81.1 Å². The molecule has 0 saturated carbocycles. The molecule has 0 bridgehead atoms. The van der Waals surface area contributed by atoms with Crippen molar-refractivity contribution in [2.24, 2.45) is 5.10 Å². The molecule has 0 heterocycles. The summed E-state index contributed by atoms with van der Waals surface area (Å²) in [5.74, 6) is -1.12. The first-order valence-corrected chi connectivity index (χ1v) is 12.6. The second-order valence-corrected chi connectivity index (χ2v) is 9.30. The molecule has 0 unspecified atom stereocenters. The molecule has 0 radical (unpaired) electrons. The van der Waals surface area contributed by atoms with Crippen LogP contribution < -0.4 is 30.3 Å². The van der Waals surface area contributed by atoms with Gasteiger partial charge in [-0.2, -0.15) is 5.10 Å². The fraction of sp³-hybridized carbons (Fsp3) is 0.120. The van der Waals surface area contributed by atoms with Crippen LogP contribution in [-0.4, -0.2) is 44.8 Å². The number of carbonyl (C=O) groups excluding carboxylic acids is 3. The second-order valence-electron chi connectivity index (χ2n) is 7.36. The first-order chi connectivity index (χ1) is 18.2. The number of benzene rings is 3. The first-order valence-electron chi connectivity index (χ1n) is 10.7. The van der Waals surface area contributed by atoms with Crippen LogP contribution in [0, 0.1) is 3.57 Å². The summed E-state index contributed by atoms with van der Waals surface area (Å²) in [4.78, 5) is 36.6. The van der Waals surface area contributed by atoms with Crippen molar-refractivity contribution in [1.82, 2.24) is 5.43 Å². The van der Waals surface area contributed by atoms with E-state index >= 15 is 0 Å². The summed E-state index contributed by atoms with van der Waals surface area (Å²) in [6.45, 7) is -0.318. The van der Waals surface area contributed by atoms with E-state index in [-0.39, 0.29) is 11.6 Å². The van der Waals surface area contributed by atoms with Gasteiger partial charge in [-0.3, -0.25) is 14.4 Å². The van der Waals surface area contributed by atoms with Crippen LogP contribution in [0.5, 0.6) is 17.2 Å². The molecule has 198 valence electrons. The van der Waals surface area contributed by atoms with E-state index in [9.17, 15) is 14.4 Å². The van der Waals surface area contributed by atoms with Gasteiger partial charge in [0.05, 0.1) is 39.7 Å². The zero-order valence-corrected chi connectivity index (χ0v) is 23.7. The number of methoxy groups -OCH3 is 2. The minimum Gasteiger partial charge on any atom is -0.497 e. The minimum atomic E-state index is -0.962.